The van der Waals surface area contributed by atoms with Crippen LogP contribution in [0.5, 0.6) is 0 Å². The summed E-state index contributed by atoms with van der Waals surface area (Å²) in [4.78, 5) is 8.22. The van der Waals surface area contributed by atoms with Gasteiger partial charge in [0.15, 0.2) is 6.20 Å². The maximum Gasteiger partial charge on any atom is 0.289 e. The predicted octanol–water partition coefficient (Wildman–Crippen LogP) is 5.76. The molecule has 0 aliphatic carbocycles. The van der Waals surface area contributed by atoms with Crippen molar-refractivity contribution < 1.29 is 4.57 Å². The highest BCUT2D eigenvalue weighted by Crippen LogP contribution is 2.36. The third-order valence-corrected chi connectivity index (χ3v) is 6.93. The highest BCUT2D eigenvalue weighted by atomic mass is 32.1. The minimum Gasteiger partial charge on any atom is -0.323 e. The summed E-state index contributed by atoms with van der Waals surface area (Å²) in [5.41, 5.74) is 12.0. The maximum atomic E-state index is 4.88. The number of hydrazone groups is 1. The fourth-order valence-corrected chi connectivity index (χ4v) is 5.27. The molecule has 0 unspecified atom stereocenters. The SMILES string of the molecule is Cc1cc2nc(/C=C3/C=CN(/C=C4/C=NNc5ccccc54)c4ccccc43)sc2[n+](C)c1. The lowest BCUT2D eigenvalue weighted by Crippen LogP contribution is -2.27. The number of hydrogen-bond acceptors (Lipinski definition) is 5. The monoisotopic (exact) mass is 448 g/mol. The zero-order chi connectivity index (χ0) is 22.4. The van der Waals surface area contributed by atoms with Gasteiger partial charge >= 0.3 is 0 Å². The molecule has 2 aromatic carbocycles. The Hall–Kier alpha value is -4.03. The first-order valence-corrected chi connectivity index (χ1v) is 11.6. The normalized spacial score (nSPS) is 16.8. The zero-order valence-corrected chi connectivity index (χ0v) is 19.2. The van der Waals surface area contributed by atoms with E-state index in [1.54, 1.807) is 11.3 Å². The van der Waals surface area contributed by atoms with Crippen LogP contribution in [0.3, 0.4) is 0 Å². The van der Waals surface area contributed by atoms with Crippen LogP contribution >= 0.6 is 11.3 Å². The summed E-state index contributed by atoms with van der Waals surface area (Å²) in [6.07, 6.45) is 12.6. The molecule has 0 spiro atoms. The molecule has 6 heteroatoms. The first kappa shape index (κ1) is 19.6. The van der Waals surface area contributed by atoms with Gasteiger partial charge in [-0.3, -0.25) is 5.43 Å². The highest BCUT2D eigenvalue weighted by molar-refractivity contribution is 7.18. The Labute approximate surface area is 196 Å². The van der Waals surface area contributed by atoms with Gasteiger partial charge in [-0.1, -0.05) is 36.4 Å². The number of nitrogens with one attached hydrogen (secondary N) is 1. The number of thiazole rings is 1. The number of para-hydroxylation sites is 2. The van der Waals surface area contributed by atoms with Crippen LogP contribution in [0.4, 0.5) is 11.4 Å². The molecule has 33 heavy (non-hydrogen) atoms. The Morgan fingerprint density at radius 2 is 1.85 bits per heavy atom. The number of hydrogen-bond donors (Lipinski definition) is 1. The molecule has 2 aromatic heterocycles. The number of pyridine rings is 1. The minimum atomic E-state index is 1.01. The van der Waals surface area contributed by atoms with Gasteiger partial charge in [0.2, 0.25) is 0 Å². The second-order valence-electron chi connectivity index (χ2n) is 8.21. The van der Waals surface area contributed by atoms with Gasteiger partial charge in [-0.05, 0) is 54.2 Å². The maximum absolute atomic E-state index is 4.88. The van der Waals surface area contributed by atoms with Gasteiger partial charge < -0.3 is 4.90 Å². The lowest BCUT2D eigenvalue weighted by molar-refractivity contribution is -0.643. The summed E-state index contributed by atoms with van der Waals surface area (Å²) < 4.78 is 2.15. The molecule has 5 nitrogen and oxygen atoms in total. The van der Waals surface area contributed by atoms with Crippen molar-refractivity contribution >= 4 is 56.5 Å². The van der Waals surface area contributed by atoms with E-state index in [9.17, 15) is 0 Å². The van der Waals surface area contributed by atoms with Crippen LogP contribution in [0, 0.1) is 6.92 Å². The van der Waals surface area contributed by atoms with E-state index in [1.165, 1.54) is 16.0 Å². The van der Waals surface area contributed by atoms with Crippen molar-refractivity contribution in [3.05, 3.63) is 101 Å². The summed E-state index contributed by atoms with van der Waals surface area (Å²) in [7, 11) is 2.08. The van der Waals surface area contributed by atoms with E-state index in [0.717, 1.165) is 38.6 Å². The average Bonchev–Trinajstić information content (AvgIpc) is 3.23. The van der Waals surface area contributed by atoms with Crippen molar-refractivity contribution in [2.45, 2.75) is 6.92 Å². The molecule has 0 amide bonds. The number of anilines is 2. The molecule has 0 bridgehead atoms. The molecule has 0 fully saturated rings. The summed E-state index contributed by atoms with van der Waals surface area (Å²) in [5.74, 6) is 0. The predicted molar refractivity (Wildman–Crippen MR) is 138 cm³/mol. The van der Waals surface area contributed by atoms with Gasteiger partial charge in [0.1, 0.15) is 17.6 Å². The van der Waals surface area contributed by atoms with Crippen molar-refractivity contribution in [3.63, 3.8) is 0 Å². The fraction of sp³-hybridized carbons (Fsp3) is 0.0741. The second-order valence-corrected chi connectivity index (χ2v) is 9.22. The molecule has 160 valence electrons. The van der Waals surface area contributed by atoms with E-state index in [2.05, 4.69) is 101 Å². The summed E-state index contributed by atoms with van der Waals surface area (Å²) in [6, 6.07) is 18.8. The quantitative estimate of drug-likeness (QED) is 0.397. The van der Waals surface area contributed by atoms with Crippen LogP contribution in [-0.4, -0.2) is 11.2 Å². The topological polar surface area (TPSA) is 44.4 Å². The van der Waals surface area contributed by atoms with E-state index < -0.39 is 0 Å². The molecule has 0 atom stereocenters. The van der Waals surface area contributed by atoms with E-state index in [-0.39, 0.29) is 0 Å². The average molecular weight is 449 g/mol. The van der Waals surface area contributed by atoms with E-state index in [1.807, 2.05) is 24.4 Å². The number of aryl methyl sites for hydroxylation is 2. The molecule has 1 N–H and O–H groups in total. The van der Waals surface area contributed by atoms with Gasteiger partial charge in [0, 0.05) is 34.7 Å². The largest absolute Gasteiger partial charge is 0.323 e. The third kappa shape index (κ3) is 3.54. The van der Waals surface area contributed by atoms with Gasteiger partial charge in [-0.2, -0.15) is 9.67 Å². The number of nitrogens with zero attached hydrogens (tertiary/aromatic N) is 4. The number of rotatable bonds is 2. The molecule has 2 aliphatic rings. The molecule has 0 radical (unpaired) electrons. The fourth-order valence-electron chi connectivity index (χ4n) is 4.34. The molecule has 0 saturated heterocycles. The molecule has 2 aliphatic heterocycles. The van der Waals surface area contributed by atoms with Crippen molar-refractivity contribution in [1.82, 2.24) is 4.98 Å². The lowest BCUT2D eigenvalue weighted by atomic mass is 9.99. The van der Waals surface area contributed by atoms with E-state index in [0.29, 0.717) is 0 Å². The van der Waals surface area contributed by atoms with Crippen molar-refractivity contribution in [2.75, 3.05) is 10.3 Å². The van der Waals surface area contributed by atoms with Gasteiger partial charge in [-0.25, -0.2) is 4.98 Å². The summed E-state index contributed by atoms with van der Waals surface area (Å²) in [6.45, 7) is 2.10. The second kappa shape index (κ2) is 7.83. The standard InChI is InChI=1S/C27H22N5S/c1-18-13-24-27(31(2)16-18)33-26(29-24)14-19-11-12-32(25-10-6-4-8-22(19)25)17-20-15-28-30-23-9-5-3-7-21(20)23/h3-17,30H,1-2H3/q+1/b19-14-,20-17-. The van der Waals surface area contributed by atoms with Crippen LogP contribution < -0.4 is 14.9 Å². The summed E-state index contributed by atoms with van der Waals surface area (Å²) >= 11 is 1.71. The number of allylic oxidation sites excluding steroid dienone is 3. The van der Waals surface area contributed by atoms with Gasteiger partial charge in [0.05, 0.1) is 17.6 Å². The van der Waals surface area contributed by atoms with Gasteiger partial charge in [0.25, 0.3) is 4.83 Å². The molecular weight excluding hydrogens is 426 g/mol. The van der Waals surface area contributed by atoms with Crippen LogP contribution in [0.15, 0.2) is 84.4 Å². The summed E-state index contributed by atoms with van der Waals surface area (Å²) in [5, 5.41) is 5.32. The highest BCUT2D eigenvalue weighted by Gasteiger charge is 2.18. The van der Waals surface area contributed by atoms with Crippen LogP contribution in [0.1, 0.15) is 21.7 Å². The van der Waals surface area contributed by atoms with Crippen LogP contribution in [-0.2, 0) is 7.05 Å². The third-order valence-electron chi connectivity index (χ3n) is 5.82. The molecule has 4 heterocycles. The Morgan fingerprint density at radius 1 is 1.03 bits per heavy atom. The van der Waals surface area contributed by atoms with Crippen molar-refractivity contribution in [2.24, 2.45) is 12.1 Å². The smallest absolute Gasteiger partial charge is 0.289 e. The van der Waals surface area contributed by atoms with Crippen molar-refractivity contribution in [3.8, 4) is 0 Å². The van der Waals surface area contributed by atoms with Crippen LogP contribution in [0.2, 0.25) is 0 Å². The Bertz CT molecular complexity index is 1520. The Kier molecular flexibility index (Phi) is 4.66. The first-order chi connectivity index (χ1) is 16.2. The Balaban J connectivity index is 1.41. The van der Waals surface area contributed by atoms with Gasteiger partial charge in [-0.15, -0.1) is 0 Å². The molecule has 0 saturated carbocycles. The van der Waals surface area contributed by atoms with E-state index in [4.69, 9.17) is 4.98 Å². The molecule has 4 aromatic rings. The lowest BCUT2D eigenvalue weighted by Gasteiger charge is -2.26. The number of aromatic nitrogens is 2. The van der Waals surface area contributed by atoms with Crippen LogP contribution in [0.25, 0.3) is 27.6 Å². The zero-order valence-electron chi connectivity index (χ0n) is 18.4. The first-order valence-electron chi connectivity index (χ1n) is 10.8. The minimum absolute atomic E-state index is 1.01. The van der Waals surface area contributed by atoms with E-state index >= 15 is 0 Å². The van der Waals surface area contributed by atoms with Crippen molar-refractivity contribution in [1.29, 1.82) is 0 Å². The molecular formula is C27H22N5S+. The number of benzene rings is 2. The number of fused-ring (bicyclic) bond motifs is 3. The molecule has 6 rings (SSSR count). The Morgan fingerprint density at radius 3 is 2.76 bits per heavy atom.